The lowest BCUT2D eigenvalue weighted by molar-refractivity contribution is -0.117. The van der Waals surface area contributed by atoms with Crippen molar-refractivity contribution in [1.82, 2.24) is 15.0 Å². The molecule has 0 radical (unpaired) electrons. The van der Waals surface area contributed by atoms with E-state index in [1.807, 2.05) is 42.9 Å². The summed E-state index contributed by atoms with van der Waals surface area (Å²) in [4.78, 5) is 27.3. The lowest BCUT2D eigenvalue weighted by Crippen LogP contribution is -2.50. The van der Waals surface area contributed by atoms with Gasteiger partial charge in [-0.2, -0.15) is 5.26 Å². The normalized spacial score (nSPS) is 15.2. The average Bonchev–Trinajstić information content (AvgIpc) is 3.86. The van der Waals surface area contributed by atoms with E-state index < -0.39 is 0 Å². The number of fused-ring (bicyclic) bond motifs is 1. The average molecular weight is 590 g/mol. The standard InChI is InChI=1S/C36H36B2N6O/c1-4-27-15-16-40-23-31(27)33-18-28-19-34(43-36(45)30-17-29(30)22-39)41-24-32(28)35(42-33)44(37(2)20-25-11-7-5-8-12-25)38(3)21-26-13-9-6-10-14-26/h5-16,18-19,23-24,29-30H,4,17,20-21H2,1-3H3,(H,41,43,45). The molecule has 9 heteroatoms. The Morgan fingerprint density at radius 3 is 2.24 bits per heavy atom. The fourth-order valence-corrected chi connectivity index (χ4v) is 6.30. The molecule has 1 N–H and O–H groups in total. The van der Waals surface area contributed by atoms with Crippen molar-refractivity contribution in [2.45, 2.75) is 46.1 Å². The van der Waals surface area contributed by atoms with E-state index in [1.165, 1.54) is 16.7 Å². The summed E-state index contributed by atoms with van der Waals surface area (Å²) in [6, 6.07) is 29.4. The summed E-state index contributed by atoms with van der Waals surface area (Å²) >= 11 is 0. The second kappa shape index (κ2) is 13.4. The highest BCUT2D eigenvalue weighted by molar-refractivity contribution is 6.82. The first kappa shape index (κ1) is 30.1. The van der Waals surface area contributed by atoms with Gasteiger partial charge >= 0.3 is 0 Å². The van der Waals surface area contributed by atoms with Crippen molar-refractivity contribution in [2.75, 3.05) is 10.0 Å². The highest BCUT2D eigenvalue weighted by atomic mass is 16.2. The topological polar surface area (TPSA) is 94.8 Å². The number of hydrogen-bond acceptors (Lipinski definition) is 6. The Hall–Kier alpha value is -4.96. The Balaban J connectivity index is 1.48. The molecule has 1 saturated carbocycles. The number of anilines is 2. The van der Waals surface area contributed by atoms with Gasteiger partial charge in [-0.3, -0.25) is 9.78 Å². The Morgan fingerprint density at radius 1 is 0.978 bits per heavy atom. The second-order valence-electron chi connectivity index (χ2n) is 12.1. The number of nitrogens with one attached hydrogen (secondary N) is 1. The number of carbonyl (C=O) groups is 1. The number of benzene rings is 2. The van der Waals surface area contributed by atoms with Gasteiger partial charge in [-0.25, -0.2) is 9.97 Å². The van der Waals surface area contributed by atoms with Crippen LogP contribution in [0.15, 0.2) is 97.5 Å². The Labute approximate surface area is 266 Å². The lowest BCUT2D eigenvalue weighted by atomic mass is 9.45. The van der Waals surface area contributed by atoms with Crippen LogP contribution in [0, 0.1) is 23.2 Å². The van der Waals surface area contributed by atoms with Gasteiger partial charge in [-0.15, -0.1) is 0 Å². The van der Waals surface area contributed by atoms with Crippen LogP contribution in [0.1, 0.15) is 30.0 Å². The summed E-state index contributed by atoms with van der Waals surface area (Å²) in [6.45, 7) is 6.91. The summed E-state index contributed by atoms with van der Waals surface area (Å²) in [6.07, 6.45) is 8.69. The lowest BCUT2D eigenvalue weighted by Gasteiger charge is -2.35. The predicted octanol–water partition coefficient (Wildman–Crippen LogP) is 6.97. The fraction of sp³-hybridized carbons (Fsp3) is 0.250. The molecular weight excluding hydrogens is 554 g/mol. The maximum absolute atomic E-state index is 12.8. The highest BCUT2D eigenvalue weighted by Crippen LogP contribution is 2.39. The van der Waals surface area contributed by atoms with Crippen molar-refractivity contribution < 1.29 is 4.79 Å². The molecule has 3 heterocycles. The predicted molar refractivity (Wildman–Crippen MR) is 184 cm³/mol. The quantitative estimate of drug-likeness (QED) is 0.167. The van der Waals surface area contributed by atoms with E-state index in [4.69, 9.17) is 4.98 Å². The van der Waals surface area contributed by atoms with Crippen molar-refractivity contribution in [3.63, 3.8) is 0 Å². The first-order chi connectivity index (χ1) is 21.9. The molecule has 6 rings (SSSR count). The number of aromatic nitrogens is 3. The smallest absolute Gasteiger partial charge is 0.243 e. The zero-order valence-corrected chi connectivity index (χ0v) is 26.0. The summed E-state index contributed by atoms with van der Waals surface area (Å²) in [5.74, 6) is 0.695. The molecular formula is C36H36B2N6O. The maximum Gasteiger partial charge on any atom is 0.243 e. The zero-order chi connectivity index (χ0) is 31.3. The number of hydrogen-bond donors (Lipinski definition) is 1. The van der Waals surface area contributed by atoms with Gasteiger partial charge in [0.05, 0.1) is 23.6 Å². The SMILES string of the molecule is CCc1ccncc1-c1cc2cc(NC(=O)C3CC3C#N)ncc2c(N(B(C)Cc2ccccc2)B(C)Cc2ccccc2)n1. The summed E-state index contributed by atoms with van der Waals surface area (Å²) in [5, 5.41) is 14.0. The third-order valence-corrected chi connectivity index (χ3v) is 8.75. The molecule has 3 aromatic heterocycles. The van der Waals surface area contributed by atoms with Crippen LogP contribution in [-0.2, 0) is 23.9 Å². The third-order valence-electron chi connectivity index (χ3n) is 8.75. The first-order valence-corrected chi connectivity index (χ1v) is 15.8. The molecule has 0 spiro atoms. The zero-order valence-electron chi connectivity index (χ0n) is 26.0. The van der Waals surface area contributed by atoms with Gasteiger partial charge < -0.3 is 10.0 Å². The van der Waals surface area contributed by atoms with E-state index >= 15 is 0 Å². The second-order valence-corrected chi connectivity index (χ2v) is 12.1. The molecule has 45 heavy (non-hydrogen) atoms. The Bertz CT molecular complexity index is 1800. The Kier molecular flexibility index (Phi) is 8.93. The van der Waals surface area contributed by atoms with Crippen LogP contribution >= 0.6 is 0 Å². The molecule has 7 nitrogen and oxygen atoms in total. The monoisotopic (exact) mass is 590 g/mol. The van der Waals surface area contributed by atoms with E-state index in [-0.39, 0.29) is 31.4 Å². The van der Waals surface area contributed by atoms with Crippen LogP contribution < -0.4 is 10.0 Å². The molecule has 0 aliphatic heterocycles. The minimum absolute atomic E-state index is 0.119. The molecule has 1 fully saturated rings. The summed E-state index contributed by atoms with van der Waals surface area (Å²) in [7, 11) is 0. The third kappa shape index (κ3) is 6.76. The first-order valence-electron chi connectivity index (χ1n) is 15.8. The molecule has 5 aromatic rings. The van der Waals surface area contributed by atoms with Crippen LogP contribution in [-0.4, -0.2) is 34.6 Å². The molecule has 0 saturated heterocycles. The molecule has 222 valence electrons. The van der Waals surface area contributed by atoms with Crippen LogP contribution in [0.5, 0.6) is 0 Å². The molecule has 2 atom stereocenters. The van der Waals surface area contributed by atoms with Crippen LogP contribution in [0.3, 0.4) is 0 Å². The van der Waals surface area contributed by atoms with E-state index in [0.717, 1.165) is 46.9 Å². The van der Waals surface area contributed by atoms with Crippen molar-refractivity contribution in [3.05, 3.63) is 114 Å². The van der Waals surface area contributed by atoms with Gasteiger partial charge in [0.1, 0.15) is 11.6 Å². The van der Waals surface area contributed by atoms with E-state index in [2.05, 4.69) is 101 Å². The van der Waals surface area contributed by atoms with E-state index in [1.54, 1.807) is 0 Å². The molecule has 0 bridgehead atoms. The summed E-state index contributed by atoms with van der Waals surface area (Å²) < 4.78 is 2.44. The number of nitriles is 1. The number of carbonyl (C=O) groups excluding carboxylic acids is 1. The molecule has 2 aromatic carbocycles. The van der Waals surface area contributed by atoms with Gasteiger partial charge in [-0.1, -0.05) is 92.4 Å². The molecule has 1 amide bonds. The van der Waals surface area contributed by atoms with Crippen molar-refractivity contribution in [1.29, 1.82) is 5.26 Å². The molecule has 1 aliphatic rings. The van der Waals surface area contributed by atoms with Crippen LogP contribution in [0.25, 0.3) is 22.0 Å². The fourth-order valence-electron chi connectivity index (χ4n) is 6.30. The van der Waals surface area contributed by atoms with E-state index in [0.29, 0.717) is 12.2 Å². The molecule has 1 aliphatic carbocycles. The van der Waals surface area contributed by atoms with Gasteiger partial charge in [0.25, 0.3) is 0 Å². The van der Waals surface area contributed by atoms with Gasteiger partial charge in [0.15, 0.2) is 0 Å². The number of pyridine rings is 3. The minimum atomic E-state index is -0.272. The summed E-state index contributed by atoms with van der Waals surface area (Å²) in [5.41, 5.74) is 5.53. The van der Waals surface area contributed by atoms with Crippen LogP contribution in [0.2, 0.25) is 13.6 Å². The maximum atomic E-state index is 12.8. The van der Waals surface area contributed by atoms with Crippen molar-refractivity contribution >= 4 is 42.0 Å². The van der Waals surface area contributed by atoms with Gasteiger partial charge in [0.2, 0.25) is 19.6 Å². The number of aryl methyl sites for hydroxylation is 1. The van der Waals surface area contributed by atoms with Crippen molar-refractivity contribution in [3.8, 4) is 17.3 Å². The van der Waals surface area contributed by atoms with E-state index in [9.17, 15) is 10.1 Å². The van der Waals surface area contributed by atoms with Gasteiger partial charge in [0, 0.05) is 29.5 Å². The number of amides is 1. The van der Waals surface area contributed by atoms with Crippen molar-refractivity contribution in [2.24, 2.45) is 11.8 Å². The largest absolute Gasteiger partial charge is 0.444 e. The number of nitrogens with zero attached hydrogens (tertiary/aromatic N) is 5. The minimum Gasteiger partial charge on any atom is -0.444 e. The van der Waals surface area contributed by atoms with Gasteiger partial charge in [-0.05, 0) is 54.6 Å². The highest BCUT2D eigenvalue weighted by Gasteiger charge is 2.43. The molecule has 2 unspecified atom stereocenters. The number of rotatable bonds is 11. The Morgan fingerprint density at radius 2 is 1.64 bits per heavy atom. The van der Waals surface area contributed by atoms with Crippen LogP contribution in [0.4, 0.5) is 11.6 Å².